The Morgan fingerprint density at radius 1 is 1.16 bits per heavy atom. The van der Waals surface area contributed by atoms with Gasteiger partial charge in [-0.25, -0.2) is 27.3 Å². The van der Waals surface area contributed by atoms with E-state index >= 15 is 4.39 Å². The molecule has 1 N–H and O–H groups in total. The molecule has 12 nitrogen and oxygen atoms in total. The van der Waals surface area contributed by atoms with E-state index in [4.69, 9.17) is 42.5 Å². The summed E-state index contributed by atoms with van der Waals surface area (Å²) in [6.45, 7) is 7.95. The first kappa shape index (κ1) is 37.1. The van der Waals surface area contributed by atoms with E-state index in [2.05, 4.69) is 15.3 Å². The van der Waals surface area contributed by atoms with Crippen molar-refractivity contribution in [3.05, 3.63) is 64.3 Å². The maximum atomic E-state index is 16.0. The summed E-state index contributed by atoms with van der Waals surface area (Å²) in [5, 5.41) is 9.23. The third-order valence-electron chi connectivity index (χ3n) is 8.82. The predicted molar refractivity (Wildman–Crippen MR) is 194 cm³/mol. The van der Waals surface area contributed by atoms with Gasteiger partial charge in [-0.1, -0.05) is 23.2 Å². The number of nitrogens with one attached hydrogen (secondary N) is 1. The van der Waals surface area contributed by atoms with Gasteiger partial charge in [0, 0.05) is 61.1 Å². The zero-order valence-electron chi connectivity index (χ0n) is 29.1. The van der Waals surface area contributed by atoms with Gasteiger partial charge in [-0.15, -0.1) is 0 Å². The van der Waals surface area contributed by atoms with E-state index in [-0.39, 0.29) is 37.3 Å². The molecule has 0 saturated carbocycles. The molecule has 0 bridgehead atoms. The highest BCUT2D eigenvalue weighted by Crippen LogP contribution is 2.39. The molecule has 0 radical (unpaired) electrons. The number of aromatic nitrogens is 4. The van der Waals surface area contributed by atoms with Gasteiger partial charge < -0.3 is 24.4 Å². The van der Waals surface area contributed by atoms with E-state index in [0.717, 1.165) is 31.0 Å². The minimum atomic E-state index is -3.32. The molecule has 1 aromatic carbocycles. The highest BCUT2D eigenvalue weighted by Gasteiger charge is 2.46. The first-order chi connectivity index (χ1) is 24.0. The zero-order chi connectivity index (χ0) is 36.7. The Morgan fingerprint density at radius 2 is 1.88 bits per heavy atom. The molecular formula is C35H41Cl2FN6O6S. The van der Waals surface area contributed by atoms with Crippen LogP contribution in [-0.4, -0.2) is 77.1 Å². The third-order valence-corrected chi connectivity index (χ3v) is 10.4. The van der Waals surface area contributed by atoms with Gasteiger partial charge in [0.1, 0.15) is 33.0 Å². The number of ether oxygens (including phenoxy) is 3. The number of hydrogen-bond donors (Lipinski definition) is 1. The quantitative estimate of drug-likeness (QED) is 0.175. The molecular weight excluding hydrogens is 722 g/mol. The summed E-state index contributed by atoms with van der Waals surface area (Å²) in [4.78, 5) is 22.9. The van der Waals surface area contributed by atoms with Gasteiger partial charge in [0.15, 0.2) is 17.9 Å². The second-order valence-corrected chi connectivity index (χ2v) is 17.3. The number of rotatable bonds is 10. The monoisotopic (exact) mass is 762 g/mol. The number of nitrogens with zero attached hydrogens (tertiary/aromatic N) is 5. The van der Waals surface area contributed by atoms with Crippen LogP contribution in [-0.2, 0) is 19.3 Å². The summed E-state index contributed by atoms with van der Waals surface area (Å²) < 4.78 is 59.6. The van der Waals surface area contributed by atoms with Crippen molar-refractivity contribution in [1.82, 2.24) is 25.1 Å². The lowest BCUT2D eigenvalue weighted by Gasteiger charge is -2.51. The van der Waals surface area contributed by atoms with Crippen molar-refractivity contribution in [2.45, 2.75) is 76.9 Å². The molecule has 0 aliphatic carbocycles. The number of pyridine rings is 2. The average molecular weight is 764 g/mol. The highest BCUT2D eigenvalue weighted by atomic mass is 35.5. The number of amides is 1. The molecule has 4 aromatic rings. The van der Waals surface area contributed by atoms with Gasteiger partial charge in [-0.2, -0.15) is 5.10 Å². The molecule has 0 spiro atoms. The Labute approximate surface area is 306 Å². The second-order valence-electron chi connectivity index (χ2n) is 14.2. The molecule has 2 saturated heterocycles. The Hall–Kier alpha value is -3.72. The van der Waals surface area contributed by atoms with Crippen molar-refractivity contribution in [1.29, 1.82) is 0 Å². The summed E-state index contributed by atoms with van der Waals surface area (Å²) in [7, 11) is -3.32. The van der Waals surface area contributed by atoms with E-state index in [1.165, 1.54) is 18.5 Å². The zero-order valence-corrected chi connectivity index (χ0v) is 31.4. The van der Waals surface area contributed by atoms with Crippen LogP contribution in [0.25, 0.3) is 22.2 Å². The van der Waals surface area contributed by atoms with Crippen LogP contribution in [0.1, 0.15) is 71.3 Å². The minimum absolute atomic E-state index is 0.0722. The first-order valence-electron chi connectivity index (χ1n) is 16.7. The average Bonchev–Trinajstić information content (AvgIpc) is 3.40. The molecule has 2 atom stereocenters. The SMILES string of the molecule is C[C@@H](Oc1ccc2c(c1)c(-c1cnc(N3CC(CCS(C)(=O)=O)(NC(=O)OC(C)(C)C)C3)c(F)c1)nn2C1CCCCO1)c1c(Cl)cncc1Cl. The fraction of sp³-hybridized carbons (Fsp3) is 0.486. The standard InChI is InChI=1S/C35H41Cl2FN6O6S/c1-21(30-25(36)17-39-18-26(30)37)49-23-9-10-28-24(15-23)31(42-44(28)29-8-6-7-12-48-29)22-14-27(38)32(40-16-22)43-19-35(20-43,11-13-51(5,46)47)41-33(45)50-34(2,3)4/h9-10,14-18,21,29H,6-8,11-13,19-20H2,1-5H3,(H,41,45)/t21-,29?/m1/s1. The summed E-state index contributed by atoms with van der Waals surface area (Å²) in [5.74, 6) is -0.152. The Balaban J connectivity index is 1.29. The fourth-order valence-corrected chi connectivity index (χ4v) is 7.88. The smallest absolute Gasteiger partial charge is 0.408 e. The Kier molecular flexibility index (Phi) is 10.4. The van der Waals surface area contributed by atoms with Gasteiger partial charge in [0.05, 0.1) is 26.9 Å². The van der Waals surface area contributed by atoms with Crippen LogP contribution < -0.4 is 15.0 Å². The number of halogens is 3. The summed E-state index contributed by atoms with van der Waals surface area (Å²) in [6, 6.07) is 6.95. The van der Waals surface area contributed by atoms with Crippen molar-refractivity contribution in [3.8, 4) is 17.0 Å². The maximum absolute atomic E-state index is 16.0. The number of carbonyl (C=O) groups excluding carboxylic acids is 1. The van der Waals surface area contributed by atoms with Crippen LogP contribution in [0.5, 0.6) is 5.75 Å². The van der Waals surface area contributed by atoms with Crippen molar-refractivity contribution < 1.29 is 31.8 Å². The lowest BCUT2D eigenvalue weighted by molar-refractivity contribution is -0.0365. The summed E-state index contributed by atoms with van der Waals surface area (Å²) in [5.41, 5.74) is 0.639. The number of anilines is 1. The van der Waals surface area contributed by atoms with Crippen molar-refractivity contribution in [3.63, 3.8) is 0 Å². The molecule has 2 fully saturated rings. The van der Waals surface area contributed by atoms with E-state index in [0.29, 0.717) is 44.6 Å². The molecule has 274 valence electrons. The predicted octanol–water partition coefficient (Wildman–Crippen LogP) is 7.30. The fourth-order valence-electron chi connectivity index (χ4n) is 6.44. The van der Waals surface area contributed by atoms with E-state index < -0.39 is 39.0 Å². The lowest BCUT2D eigenvalue weighted by Crippen LogP contribution is -2.71. The molecule has 1 unspecified atom stereocenters. The Bertz CT molecular complexity index is 2020. The summed E-state index contributed by atoms with van der Waals surface area (Å²) in [6.07, 6.45) is 7.12. The maximum Gasteiger partial charge on any atom is 0.408 e. The van der Waals surface area contributed by atoms with Crippen LogP contribution in [0.2, 0.25) is 10.0 Å². The van der Waals surface area contributed by atoms with Gasteiger partial charge in [0.2, 0.25) is 0 Å². The van der Waals surface area contributed by atoms with E-state index in [9.17, 15) is 13.2 Å². The Morgan fingerprint density at radius 3 is 2.51 bits per heavy atom. The number of sulfone groups is 1. The van der Waals surface area contributed by atoms with Crippen molar-refractivity contribution >= 4 is 55.9 Å². The van der Waals surface area contributed by atoms with Gasteiger partial charge >= 0.3 is 6.09 Å². The van der Waals surface area contributed by atoms with E-state index in [1.54, 1.807) is 31.9 Å². The number of fused-ring (bicyclic) bond motifs is 1. The van der Waals surface area contributed by atoms with Crippen molar-refractivity contribution in [2.75, 3.05) is 36.6 Å². The first-order valence-corrected chi connectivity index (χ1v) is 19.5. The lowest BCUT2D eigenvalue weighted by atomic mass is 9.87. The van der Waals surface area contributed by atoms with Crippen LogP contribution in [0.4, 0.5) is 15.0 Å². The molecule has 2 aliphatic rings. The topological polar surface area (TPSA) is 138 Å². The van der Waals surface area contributed by atoms with Gasteiger partial charge in [-0.3, -0.25) is 4.98 Å². The van der Waals surface area contributed by atoms with Gasteiger partial charge in [-0.05, 0) is 77.6 Å². The third kappa shape index (κ3) is 8.51. The number of alkyl carbamates (subject to hydrolysis) is 1. The molecule has 1 amide bonds. The van der Waals surface area contributed by atoms with Crippen molar-refractivity contribution in [2.24, 2.45) is 0 Å². The minimum Gasteiger partial charge on any atom is -0.486 e. The second kappa shape index (κ2) is 14.4. The van der Waals surface area contributed by atoms with E-state index in [1.807, 2.05) is 29.8 Å². The van der Waals surface area contributed by atoms with Crippen LogP contribution in [0, 0.1) is 5.82 Å². The molecule has 2 aliphatic heterocycles. The normalized spacial score (nSPS) is 18.3. The number of hydrogen-bond acceptors (Lipinski definition) is 10. The summed E-state index contributed by atoms with van der Waals surface area (Å²) >= 11 is 12.8. The van der Waals surface area contributed by atoms with Crippen LogP contribution >= 0.6 is 23.2 Å². The van der Waals surface area contributed by atoms with Gasteiger partial charge in [0.25, 0.3) is 0 Å². The molecule has 16 heteroatoms. The largest absolute Gasteiger partial charge is 0.486 e. The molecule has 3 aromatic heterocycles. The molecule has 51 heavy (non-hydrogen) atoms. The number of benzene rings is 1. The number of carbonyl (C=O) groups is 1. The molecule has 5 heterocycles. The molecule has 6 rings (SSSR count). The van der Waals surface area contributed by atoms with Crippen LogP contribution in [0.15, 0.2) is 42.9 Å². The highest BCUT2D eigenvalue weighted by molar-refractivity contribution is 7.90. The van der Waals surface area contributed by atoms with Crippen LogP contribution in [0.3, 0.4) is 0 Å².